The number of unbranched alkanes of at least 4 members (excludes halogenated alkanes) is 3. The molecule has 3 atom stereocenters. The van der Waals surface area contributed by atoms with Crippen molar-refractivity contribution in [1.29, 1.82) is 0 Å². The minimum Gasteiger partial charge on any atom is -0.506 e. The average molecular weight is 683 g/mol. The van der Waals surface area contributed by atoms with Crippen molar-refractivity contribution in [1.82, 2.24) is 20.5 Å². The van der Waals surface area contributed by atoms with Crippen molar-refractivity contribution >= 4 is 23.0 Å². The van der Waals surface area contributed by atoms with Crippen LogP contribution < -0.4 is 16.2 Å². The van der Waals surface area contributed by atoms with Gasteiger partial charge < -0.3 is 35.3 Å². The fraction of sp³-hybridized carbons (Fsp3) is 0.410. The predicted octanol–water partition coefficient (Wildman–Crippen LogP) is 5.18. The van der Waals surface area contributed by atoms with Gasteiger partial charge in [-0.3, -0.25) is 9.69 Å². The highest BCUT2D eigenvalue weighted by molar-refractivity contribution is 5.89. The summed E-state index contributed by atoms with van der Waals surface area (Å²) in [7, 11) is 0. The molecule has 0 saturated carbocycles. The van der Waals surface area contributed by atoms with Crippen LogP contribution in [0.3, 0.4) is 0 Å². The number of alkyl carbamates (subject to hydrolysis) is 1. The van der Waals surface area contributed by atoms with Crippen molar-refractivity contribution in [2.45, 2.75) is 56.8 Å². The molecule has 50 heavy (non-hydrogen) atoms. The number of benzene rings is 3. The summed E-state index contributed by atoms with van der Waals surface area (Å²) in [5, 5.41) is 27.7. The Hall–Kier alpha value is -4.71. The molecule has 264 valence electrons. The lowest BCUT2D eigenvalue weighted by atomic mass is 9.86. The minimum atomic E-state index is -0.801. The molecule has 3 aliphatic rings. The molecule has 3 saturated heterocycles. The third-order valence-electron chi connectivity index (χ3n) is 9.79. The van der Waals surface area contributed by atoms with Gasteiger partial charge in [-0.05, 0) is 92.2 Å². The number of nitrogens with one attached hydrogen (secondary N) is 3. The van der Waals surface area contributed by atoms with Gasteiger partial charge in [-0.2, -0.15) is 0 Å². The largest absolute Gasteiger partial charge is 0.506 e. The van der Waals surface area contributed by atoms with Crippen LogP contribution in [0.4, 0.5) is 4.79 Å². The van der Waals surface area contributed by atoms with E-state index in [1.807, 2.05) is 36.4 Å². The smallest absolute Gasteiger partial charge is 0.408 e. The van der Waals surface area contributed by atoms with Crippen LogP contribution in [0.25, 0.3) is 10.9 Å². The summed E-state index contributed by atoms with van der Waals surface area (Å²) in [5.74, 6) is -0.0394. The van der Waals surface area contributed by atoms with Crippen LogP contribution in [0.5, 0.6) is 5.75 Å². The molecule has 11 nitrogen and oxygen atoms in total. The summed E-state index contributed by atoms with van der Waals surface area (Å²) in [6, 6.07) is 22.5. The van der Waals surface area contributed by atoms with E-state index in [0.29, 0.717) is 47.6 Å². The van der Waals surface area contributed by atoms with Crippen molar-refractivity contribution in [2.24, 2.45) is 5.92 Å². The number of hydrogen-bond donors (Lipinski definition) is 5. The maximum atomic E-state index is 13.1. The number of esters is 1. The predicted molar refractivity (Wildman–Crippen MR) is 190 cm³/mol. The third kappa shape index (κ3) is 8.90. The Bertz CT molecular complexity index is 1810. The summed E-state index contributed by atoms with van der Waals surface area (Å²) in [6.45, 7) is 4.26. The number of rotatable bonds is 15. The Morgan fingerprint density at radius 1 is 0.920 bits per heavy atom. The van der Waals surface area contributed by atoms with E-state index in [1.54, 1.807) is 30.3 Å². The fourth-order valence-corrected chi connectivity index (χ4v) is 7.04. The molecule has 7 rings (SSSR count). The molecule has 2 bridgehead atoms. The number of ether oxygens (including phenoxy) is 2. The molecule has 11 heteroatoms. The van der Waals surface area contributed by atoms with Gasteiger partial charge in [0, 0.05) is 24.5 Å². The lowest BCUT2D eigenvalue weighted by molar-refractivity contribution is -0.0336. The van der Waals surface area contributed by atoms with E-state index in [4.69, 9.17) is 9.47 Å². The Kier molecular flexibility index (Phi) is 11.8. The summed E-state index contributed by atoms with van der Waals surface area (Å²) in [6.07, 6.45) is 4.18. The Balaban J connectivity index is 0.927. The number of pyridine rings is 1. The zero-order valence-corrected chi connectivity index (χ0v) is 28.2. The molecule has 3 aliphatic heterocycles. The number of hydrogen-bond acceptors (Lipinski definition) is 9. The first-order chi connectivity index (χ1) is 24.4. The number of phenolic OH excluding ortho intramolecular Hbond substituents is 1. The molecule has 4 aromatic rings. The van der Waals surface area contributed by atoms with Gasteiger partial charge in [0.05, 0.1) is 29.8 Å². The van der Waals surface area contributed by atoms with E-state index in [0.717, 1.165) is 69.3 Å². The molecule has 4 heterocycles. The van der Waals surface area contributed by atoms with E-state index in [-0.39, 0.29) is 17.4 Å². The number of piperidine rings is 3. The summed E-state index contributed by atoms with van der Waals surface area (Å²) >= 11 is 0. The number of amides is 1. The number of carbonyl (C=O) groups is 2. The van der Waals surface area contributed by atoms with Crippen LogP contribution in [0.1, 0.15) is 77.7 Å². The summed E-state index contributed by atoms with van der Waals surface area (Å²) < 4.78 is 11.5. The molecule has 3 unspecified atom stereocenters. The molecule has 1 amide bonds. The molecule has 0 radical (unpaired) electrons. The lowest BCUT2D eigenvalue weighted by Gasteiger charge is -2.43. The quantitative estimate of drug-likeness (QED) is 0.0843. The van der Waals surface area contributed by atoms with Crippen molar-refractivity contribution in [3.63, 3.8) is 0 Å². The number of aromatic hydroxyl groups is 1. The number of aromatic amines is 1. The second-order valence-corrected chi connectivity index (χ2v) is 13.3. The van der Waals surface area contributed by atoms with Gasteiger partial charge in [-0.15, -0.1) is 0 Å². The van der Waals surface area contributed by atoms with Gasteiger partial charge >= 0.3 is 12.1 Å². The fourth-order valence-electron chi connectivity index (χ4n) is 7.04. The Morgan fingerprint density at radius 3 is 2.48 bits per heavy atom. The van der Waals surface area contributed by atoms with Crippen LogP contribution in [0.2, 0.25) is 0 Å². The zero-order chi connectivity index (χ0) is 34.9. The highest BCUT2D eigenvalue weighted by Crippen LogP contribution is 2.31. The maximum absolute atomic E-state index is 13.1. The van der Waals surface area contributed by atoms with Crippen LogP contribution in [0.15, 0.2) is 83.7 Å². The first kappa shape index (κ1) is 35.1. The number of H-pyrrole nitrogens is 1. The summed E-state index contributed by atoms with van der Waals surface area (Å²) in [4.78, 5) is 42.7. The molecule has 0 aliphatic carbocycles. The van der Waals surface area contributed by atoms with Crippen LogP contribution >= 0.6 is 0 Å². The number of aromatic nitrogens is 1. The van der Waals surface area contributed by atoms with Crippen LogP contribution in [-0.4, -0.2) is 77.6 Å². The van der Waals surface area contributed by atoms with Crippen molar-refractivity contribution < 1.29 is 29.3 Å². The highest BCUT2D eigenvalue weighted by Gasteiger charge is 2.37. The average Bonchev–Trinajstić information content (AvgIpc) is 3.14. The van der Waals surface area contributed by atoms with Crippen molar-refractivity contribution in [3.8, 4) is 5.75 Å². The SMILES string of the molecule is O=C(NC(c1ccccc1)c1cccc(C(=O)OCCCCCCNCC(O)c2ccc(O)c3[nH]c(=O)ccc23)c1)OC1CN2CCC1CC2. The van der Waals surface area contributed by atoms with E-state index in [9.17, 15) is 24.6 Å². The number of carbonyl (C=O) groups excluding carboxylic acids is 2. The molecule has 3 aromatic carbocycles. The second-order valence-electron chi connectivity index (χ2n) is 13.3. The van der Waals surface area contributed by atoms with Gasteiger partial charge in [-0.25, -0.2) is 9.59 Å². The molecule has 0 spiro atoms. The van der Waals surface area contributed by atoms with E-state index in [1.165, 1.54) is 12.1 Å². The second kappa shape index (κ2) is 16.8. The minimum absolute atomic E-state index is 0.0386. The maximum Gasteiger partial charge on any atom is 0.408 e. The number of aliphatic hydroxyl groups excluding tert-OH is 1. The van der Waals surface area contributed by atoms with E-state index >= 15 is 0 Å². The molecule has 3 fully saturated rings. The lowest BCUT2D eigenvalue weighted by Crippen LogP contribution is -2.52. The molecular formula is C39H46N4O7. The van der Waals surface area contributed by atoms with Crippen LogP contribution in [0, 0.1) is 5.92 Å². The van der Waals surface area contributed by atoms with Gasteiger partial charge in [0.25, 0.3) is 0 Å². The Labute approximate surface area is 291 Å². The third-order valence-corrected chi connectivity index (χ3v) is 9.79. The number of aliphatic hydroxyl groups is 1. The van der Waals surface area contributed by atoms with Gasteiger partial charge in [0.15, 0.2) is 0 Å². The van der Waals surface area contributed by atoms with Gasteiger partial charge in [0.2, 0.25) is 5.56 Å². The number of nitrogens with zero attached hydrogens (tertiary/aromatic N) is 1. The topological polar surface area (TPSA) is 153 Å². The first-order valence-corrected chi connectivity index (χ1v) is 17.6. The highest BCUT2D eigenvalue weighted by atomic mass is 16.6. The Morgan fingerprint density at radius 2 is 1.70 bits per heavy atom. The molecule has 5 N–H and O–H groups in total. The summed E-state index contributed by atoms with van der Waals surface area (Å²) in [5.41, 5.74) is 2.70. The normalized spacial score (nSPS) is 19.5. The monoisotopic (exact) mass is 682 g/mol. The first-order valence-electron chi connectivity index (χ1n) is 17.6. The van der Waals surface area contributed by atoms with Crippen molar-refractivity contribution in [3.05, 3.63) is 111 Å². The van der Waals surface area contributed by atoms with Crippen molar-refractivity contribution in [2.75, 3.05) is 39.3 Å². The van der Waals surface area contributed by atoms with Crippen LogP contribution in [-0.2, 0) is 9.47 Å². The standard InChI is InChI=1S/C39H46N4O7/c44-32-15-13-30(31-14-16-35(46)41-37(31)32)33(45)24-40-19-6-1-2-7-22-49-38(47)29-12-8-11-28(23-29)36(27-9-4-3-5-10-27)42-39(48)50-34-25-43-20-17-26(34)18-21-43/h3-5,8-16,23,26,33-34,36,40,44-45H,1-2,6-7,17-22,24-25H2,(H,41,46)(H,42,48). The van der Waals surface area contributed by atoms with E-state index < -0.39 is 24.2 Å². The number of phenols is 1. The van der Waals surface area contributed by atoms with Gasteiger partial charge in [-0.1, -0.05) is 61.4 Å². The number of fused-ring (bicyclic) bond motifs is 4. The molecule has 1 aromatic heterocycles. The van der Waals surface area contributed by atoms with E-state index in [2.05, 4.69) is 20.5 Å². The van der Waals surface area contributed by atoms with Gasteiger partial charge in [0.1, 0.15) is 11.9 Å². The molecular weight excluding hydrogens is 636 g/mol. The zero-order valence-electron chi connectivity index (χ0n) is 28.2.